The smallest absolute Gasteiger partial charge is 0.177 e. The maximum Gasteiger partial charge on any atom is 0.177 e. The van der Waals surface area contributed by atoms with Gasteiger partial charge in [-0.1, -0.05) is 39.8 Å². The molecule has 0 aliphatic heterocycles. The minimum Gasteiger partial charge on any atom is -0.496 e. The summed E-state index contributed by atoms with van der Waals surface area (Å²) in [5.74, 6) is 2.24. The van der Waals surface area contributed by atoms with Crippen LogP contribution in [-0.4, -0.2) is 32.3 Å². The van der Waals surface area contributed by atoms with Crippen molar-refractivity contribution in [3.05, 3.63) is 51.7 Å². The molecular formula is C20H25N5OS. The van der Waals surface area contributed by atoms with E-state index in [1.54, 1.807) is 23.2 Å². The van der Waals surface area contributed by atoms with Crippen molar-refractivity contribution in [2.24, 2.45) is 0 Å². The quantitative estimate of drug-likeness (QED) is 0.595. The molecule has 2 heterocycles. The summed E-state index contributed by atoms with van der Waals surface area (Å²) >= 11 is 1.72. The van der Waals surface area contributed by atoms with Gasteiger partial charge in [-0.15, -0.1) is 26.3 Å². The normalized spacial score (nSPS) is 11.8. The Morgan fingerprint density at radius 3 is 2.63 bits per heavy atom. The highest BCUT2D eigenvalue weighted by Crippen LogP contribution is 2.24. The average molecular weight is 384 g/mol. The summed E-state index contributed by atoms with van der Waals surface area (Å²) in [5, 5.41) is 16.0. The molecule has 3 aromatic rings. The summed E-state index contributed by atoms with van der Waals surface area (Å²) in [4.78, 5) is 6.23. The highest BCUT2D eigenvalue weighted by Gasteiger charge is 2.10. The van der Waals surface area contributed by atoms with Gasteiger partial charge in [0.15, 0.2) is 5.82 Å². The van der Waals surface area contributed by atoms with E-state index in [4.69, 9.17) is 4.74 Å². The summed E-state index contributed by atoms with van der Waals surface area (Å²) < 4.78 is 5.49. The van der Waals surface area contributed by atoms with Gasteiger partial charge in [0, 0.05) is 29.2 Å². The molecule has 27 heavy (non-hydrogen) atoms. The first-order valence-corrected chi connectivity index (χ1v) is 9.95. The molecule has 2 aromatic heterocycles. The number of tetrazole rings is 1. The molecule has 3 rings (SSSR count). The van der Waals surface area contributed by atoms with Crippen LogP contribution in [0, 0.1) is 0 Å². The number of benzene rings is 1. The number of rotatable bonds is 7. The fraction of sp³-hybridized carbons (Fsp3) is 0.400. The number of aromatic nitrogens is 5. The molecule has 0 spiro atoms. The molecule has 0 N–H and O–H groups in total. The molecule has 0 aliphatic rings. The second kappa shape index (κ2) is 8.43. The van der Waals surface area contributed by atoms with Gasteiger partial charge in [-0.25, -0.2) is 4.98 Å². The van der Waals surface area contributed by atoms with Crippen molar-refractivity contribution in [3.63, 3.8) is 0 Å². The van der Waals surface area contributed by atoms with Gasteiger partial charge in [-0.3, -0.25) is 0 Å². The van der Waals surface area contributed by atoms with E-state index in [9.17, 15) is 0 Å². The summed E-state index contributed by atoms with van der Waals surface area (Å²) in [6, 6.07) is 5.85. The van der Waals surface area contributed by atoms with Gasteiger partial charge in [0.2, 0.25) is 0 Å². The van der Waals surface area contributed by atoms with Gasteiger partial charge in [0.25, 0.3) is 0 Å². The first kappa shape index (κ1) is 19.2. The lowest BCUT2D eigenvalue weighted by Crippen LogP contribution is -2.01. The van der Waals surface area contributed by atoms with Crippen LogP contribution in [-0.2, 0) is 6.42 Å². The molecule has 0 radical (unpaired) electrons. The molecule has 0 atom stereocenters. The molecular weight excluding hydrogens is 358 g/mol. The van der Waals surface area contributed by atoms with Crippen LogP contribution in [0.5, 0.6) is 5.75 Å². The van der Waals surface area contributed by atoms with E-state index in [2.05, 4.69) is 51.8 Å². The minimum absolute atomic E-state index is 0.241. The maximum atomic E-state index is 5.49. The Balaban J connectivity index is 1.80. The fourth-order valence-electron chi connectivity index (χ4n) is 2.53. The minimum atomic E-state index is 0.241. The van der Waals surface area contributed by atoms with Crippen LogP contribution in [0.1, 0.15) is 61.6 Å². The van der Waals surface area contributed by atoms with E-state index in [-0.39, 0.29) is 5.92 Å². The lowest BCUT2D eigenvalue weighted by Gasteiger charge is -2.07. The van der Waals surface area contributed by atoms with Crippen molar-refractivity contribution in [3.8, 4) is 11.4 Å². The number of thiazole rings is 1. The zero-order valence-electron chi connectivity index (χ0n) is 16.4. The topological polar surface area (TPSA) is 65.7 Å². The molecule has 0 aliphatic carbocycles. The molecule has 0 unspecified atom stereocenters. The SMILES string of the molecule is COc1ccc(-n2nnc(C(C)C)n2)cc1C=CCc1csc(C(C)C)n1. The van der Waals surface area contributed by atoms with E-state index in [0.717, 1.165) is 34.9 Å². The van der Waals surface area contributed by atoms with E-state index in [1.807, 2.05) is 32.0 Å². The molecule has 7 heteroatoms. The van der Waals surface area contributed by atoms with Crippen molar-refractivity contribution in [2.75, 3.05) is 7.11 Å². The number of hydrogen-bond donors (Lipinski definition) is 0. The van der Waals surface area contributed by atoms with Crippen molar-refractivity contribution in [1.29, 1.82) is 0 Å². The van der Waals surface area contributed by atoms with Crippen LogP contribution in [0.15, 0.2) is 29.7 Å². The van der Waals surface area contributed by atoms with Crippen molar-refractivity contribution in [1.82, 2.24) is 25.2 Å². The summed E-state index contributed by atoms with van der Waals surface area (Å²) in [7, 11) is 1.67. The standard InChI is InChI=1S/C20H25N5OS/c1-13(2)19-22-24-25(23-19)17-9-10-18(26-5)15(11-17)7-6-8-16-12-27-20(21-16)14(3)4/h6-7,9-14H,8H2,1-5H3. The lowest BCUT2D eigenvalue weighted by atomic mass is 10.1. The Bertz CT molecular complexity index is 926. The molecule has 0 saturated heterocycles. The molecule has 0 amide bonds. The van der Waals surface area contributed by atoms with Crippen LogP contribution in [0.25, 0.3) is 11.8 Å². The first-order chi connectivity index (χ1) is 13.0. The molecule has 0 bridgehead atoms. The fourth-order valence-corrected chi connectivity index (χ4v) is 3.38. The highest BCUT2D eigenvalue weighted by molar-refractivity contribution is 7.09. The van der Waals surface area contributed by atoms with Crippen LogP contribution in [0.3, 0.4) is 0 Å². The van der Waals surface area contributed by atoms with Crippen molar-refractivity contribution < 1.29 is 4.74 Å². The Kier molecular flexibility index (Phi) is 6.01. The predicted molar refractivity (Wildman–Crippen MR) is 109 cm³/mol. The largest absolute Gasteiger partial charge is 0.496 e. The van der Waals surface area contributed by atoms with Crippen LogP contribution in [0.2, 0.25) is 0 Å². The Hall–Kier alpha value is -2.54. The Labute approximate surface area is 163 Å². The van der Waals surface area contributed by atoms with Crippen LogP contribution >= 0.6 is 11.3 Å². The van der Waals surface area contributed by atoms with E-state index in [0.29, 0.717) is 5.92 Å². The van der Waals surface area contributed by atoms with Gasteiger partial charge in [-0.05, 0) is 23.4 Å². The third-order valence-corrected chi connectivity index (χ3v) is 5.27. The third kappa shape index (κ3) is 4.60. The zero-order chi connectivity index (χ0) is 19.4. The van der Waals surface area contributed by atoms with Gasteiger partial charge in [0.05, 0.1) is 23.5 Å². The number of ether oxygens (including phenoxy) is 1. The molecule has 142 valence electrons. The number of hydrogen-bond acceptors (Lipinski definition) is 6. The van der Waals surface area contributed by atoms with Gasteiger partial charge in [-0.2, -0.15) is 0 Å². The van der Waals surface area contributed by atoms with Crippen molar-refractivity contribution in [2.45, 2.75) is 46.0 Å². The van der Waals surface area contributed by atoms with Gasteiger partial charge in [0.1, 0.15) is 5.75 Å². The average Bonchev–Trinajstić information content (AvgIpc) is 3.31. The number of allylic oxidation sites excluding steroid dienone is 1. The van der Waals surface area contributed by atoms with E-state index in [1.165, 1.54) is 5.01 Å². The number of nitrogens with zero attached hydrogens (tertiary/aromatic N) is 5. The zero-order valence-corrected chi connectivity index (χ0v) is 17.2. The monoisotopic (exact) mass is 383 g/mol. The van der Waals surface area contributed by atoms with Gasteiger partial charge >= 0.3 is 0 Å². The maximum absolute atomic E-state index is 5.49. The Morgan fingerprint density at radius 2 is 2.00 bits per heavy atom. The second-order valence-corrected chi connectivity index (χ2v) is 7.85. The number of methoxy groups -OCH3 is 1. The van der Waals surface area contributed by atoms with E-state index >= 15 is 0 Å². The third-order valence-electron chi connectivity index (χ3n) is 4.08. The lowest BCUT2D eigenvalue weighted by molar-refractivity contribution is 0.413. The second-order valence-electron chi connectivity index (χ2n) is 6.96. The molecule has 6 nitrogen and oxygen atoms in total. The van der Waals surface area contributed by atoms with Crippen LogP contribution < -0.4 is 4.74 Å². The first-order valence-electron chi connectivity index (χ1n) is 9.07. The predicted octanol–water partition coefficient (Wildman–Crippen LogP) is 4.63. The summed E-state index contributed by atoms with van der Waals surface area (Å²) in [6.07, 6.45) is 4.95. The molecule has 1 aromatic carbocycles. The molecule has 0 saturated carbocycles. The van der Waals surface area contributed by atoms with E-state index < -0.39 is 0 Å². The van der Waals surface area contributed by atoms with Crippen LogP contribution in [0.4, 0.5) is 0 Å². The van der Waals surface area contributed by atoms with Crippen molar-refractivity contribution >= 4 is 17.4 Å². The Morgan fingerprint density at radius 1 is 1.19 bits per heavy atom. The highest BCUT2D eigenvalue weighted by atomic mass is 32.1. The molecule has 0 fully saturated rings. The van der Waals surface area contributed by atoms with Gasteiger partial charge < -0.3 is 4.74 Å². The summed E-state index contributed by atoms with van der Waals surface area (Å²) in [6.45, 7) is 8.43. The summed E-state index contributed by atoms with van der Waals surface area (Å²) in [5.41, 5.74) is 2.91.